The van der Waals surface area contributed by atoms with Crippen molar-refractivity contribution in [3.63, 3.8) is 0 Å². The van der Waals surface area contributed by atoms with E-state index in [1.165, 1.54) is 6.20 Å². The maximum atomic E-state index is 12.4. The number of hydrogen-bond donors (Lipinski definition) is 2. The van der Waals surface area contributed by atoms with Crippen molar-refractivity contribution in [1.82, 2.24) is 4.57 Å². The van der Waals surface area contributed by atoms with Crippen molar-refractivity contribution in [2.24, 2.45) is 0 Å². The van der Waals surface area contributed by atoms with Crippen LogP contribution in [-0.2, 0) is 4.79 Å². The number of aromatic nitrogens is 1. The number of carbonyl (C=O) groups is 2. The van der Waals surface area contributed by atoms with Gasteiger partial charge in [0.05, 0.1) is 30.1 Å². The highest BCUT2D eigenvalue weighted by Crippen LogP contribution is 2.41. The monoisotopic (exact) mass is 387 g/mol. The number of nitrogens with one attached hydrogen (secondary N) is 1. The van der Waals surface area contributed by atoms with E-state index in [0.717, 1.165) is 11.3 Å². The van der Waals surface area contributed by atoms with Gasteiger partial charge in [-0.1, -0.05) is 18.2 Å². The predicted octanol–water partition coefficient (Wildman–Crippen LogP) is 3.53. The van der Waals surface area contributed by atoms with Crippen LogP contribution in [0.2, 0.25) is 0 Å². The number of rotatable bonds is 4. The standard InChI is InChI=1S/C22H17N3O4/c1-29-16-4-2-3-15(9-16)25-12-18(22(27)28)20-21(25)17(10-19(26)24-20)14-7-5-13(11-23)6-8-14/h2-9,12,17H,10H2,1H3,(H,24,26)(H,27,28)/t17-/m1/s1. The van der Waals surface area contributed by atoms with Crippen LogP contribution in [0.15, 0.2) is 54.7 Å². The van der Waals surface area contributed by atoms with Crippen molar-refractivity contribution in [3.05, 3.63) is 77.1 Å². The molecule has 1 amide bonds. The molecule has 2 N–H and O–H groups in total. The van der Waals surface area contributed by atoms with E-state index in [4.69, 9.17) is 10.00 Å². The minimum atomic E-state index is -1.12. The summed E-state index contributed by atoms with van der Waals surface area (Å²) < 4.78 is 7.08. The second kappa shape index (κ2) is 7.17. The molecular formula is C22H17N3O4. The van der Waals surface area contributed by atoms with Crippen LogP contribution in [0.1, 0.15) is 39.5 Å². The number of hydrogen-bond acceptors (Lipinski definition) is 4. The van der Waals surface area contributed by atoms with Gasteiger partial charge in [-0.3, -0.25) is 4.79 Å². The molecule has 0 saturated carbocycles. The summed E-state index contributed by atoms with van der Waals surface area (Å²) in [5.41, 5.74) is 3.08. The summed E-state index contributed by atoms with van der Waals surface area (Å²) in [5, 5.41) is 21.5. The molecule has 2 heterocycles. The molecule has 7 heteroatoms. The molecule has 7 nitrogen and oxygen atoms in total. The molecule has 1 aliphatic rings. The number of carboxylic acids is 1. The molecule has 1 aliphatic heterocycles. The molecule has 144 valence electrons. The second-order valence-corrected chi connectivity index (χ2v) is 6.72. The predicted molar refractivity (Wildman–Crippen MR) is 106 cm³/mol. The molecule has 4 rings (SSSR count). The van der Waals surface area contributed by atoms with Gasteiger partial charge < -0.3 is 19.7 Å². The van der Waals surface area contributed by atoms with Gasteiger partial charge in [-0.05, 0) is 29.8 Å². The summed E-state index contributed by atoms with van der Waals surface area (Å²) in [4.78, 5) is 24.2. The quantitative estimate of drug-likeness (QED) is 0.713. The third kappa shape index (κ3) is 3.21. The van der Waals surface area contributed by atoms with E-state index in [0.29, 0.717) is 22.7 Å². The van der Waals surface area contributed by atoms with Gasteiger partial charge in [0.15, 0.2) is 0 Å². The van der Waals surface area contributed by atoms with Crippen LogP contribution in [0.4, 0.5) is 5.69 Å². The smallest absolute Gasteiger partial charge is 0.339 e. The van der Waals surface area contributed by atoms with Crippen LogP contribution in [0.5, 0.6) is 5.75 Å². The molecule has 0 bridgehead atoms. The van der Waals surface area contributed by atoms with Crippen molar-refractivity contribution < 1.29 is 19.4 Å². The molecule has 0 aliphatic carbocycles. The highest BCUT2D eigenvalue weighted by atomic mass is 16.5. The molecular weight excluding hydrogens is 370 g/mol. The van der Waals surface area contributed by atoms with Gasteiger partial charge in [-0.15, -0.1) is 0 Å². The zero-order chi connectivity index (χ0) is 20.5. The lowest BCUT2D eigenvalue weighted by atomic mass is 9.88. The lowest BCUT2D eigenvalue weighted by Crippen LogP contribution is -2.25. The fourth-order valence-corrected chi connectivity index (χ4v) is 3.67. The first-order chi connectivity index (χ1) is 14.0. The van der Waals surface area contributed by atoms with Crippen LogP contribution >= 0.6 is 0 Å². The van der Waals surface area contributed by atoms with E-state index in [1.807, 2.05) is 12.1 Å². The third-order valence-corrected chi connectivity index (χ3v) is 5.03. The fourth-order valence-electron chi connectivity index (χ4n) is 3.67. The van der Waals surface area contributed by atoms with Gasteiger partial charge in [0.25, 0.3) is 0 Å². The summed E-state index contributed by atoms with van der Waals surface area (Å²) in [5.74, 6) is -1.09. The van der Waals surface area contributed by atoms with E-state index in [1.54, 1.807) is 48.1 Å². The summed E-state index contributed by atoms with van der Waals surface area (Å²) in [7, 11) is 1.56. The summed E-state index contributed by atoms with van der Waals surface area (Å²) >= 11 is 0. The van der Waals surface area contributed by atoms with Gasteiger partial charge >= 0.3 is 5.97 Å². The van der Waals surface area contributed by atoms with Crippen LogP contribution in [0, 0.1) is 11.3 Å². The van der Waals surface area contributed by atoms with Gasteiger partial charge in [0, 0.05) is 30.3 Å². The zero-order valence-electron chi connectivity index (χ0n) is 15.5. The number of anilines is 1. The van der Waals surface area contributed by atoms with Crippen LogP contribution in [-0.4, -0.2) is 28.7 Å². The number of fused-ring (bicyclic) bond motifs is 1. The van der Waals surface area contributed by atoms with Crippen LogP contribution < -0.4 is 10.1 Å². The number of benzene rings is 2. The Morgan fingerprint density at radius 3 is 2.69 bits per heavy atom. The number of amides is 1. The topological polar surface area (TPSA) is 104 Å². The van der Waals surface area contributed by atoms with E-state index < -0.39 is 5.97 Å². The Labute approximate surface area is 166 Å². The van der Waals surface area contributed by atoms with E-state index in [9.17, 15) is 14.7 Å². The van der Waals surface area contributed by atoms with Gasteiger partial charge in [-0.2, -0.15) is 5.26 Å². The van der Waals surface area contributed by atoms with Crippen molar-refractivity contribution in [1.29, 1.82) is 5.26 Å². The normalized spacial score (nSPS) is 15.2. The number of methoxy groups -OCH3 is 1. The number of aromatic carboxylic acids is 1. The Balaban J connectivity index is 1.94. The molecule has 3 aromatic rings. The first-order valence-corrected chi connectivity index (χ1v) is 8.94. The van der Waals surface area contributed by atoms with E-state index >= 15 is 0 Å². The van der Waals surface area contributed by atoms with Crippen LogP contribution in [0.3, 0.4) is 0 Å². The first-order valence-electron chi connectivity index (χ1n) is 8.94. The SMILES string of the molecule is COc1cccc(-n2cc(C(=O)O)c3c2[C@@H](c2ccc(C#N)cc2)CC(=O)N3)c1. The van der Waals surface area contributed by atoms with Gasteiger partial charge in [0.1, 0.15) is 11.3 Å². The maximum Gasteiger partial charge on any atom is 0.339 e. The van der Waals surface area contributed by atoms with Gasteiger partial charge in [-0.25, -0.2) is 4.79 Å². The highest BCUT2D eigenvalue weighted by Gasteiger charge is 2.34. The number of carboxylic acid groups (broad SMARTS) is 1. The van der Waals surface area contributed by atoms with Crippen molar-refractivity contribution in [2.75, 3.05) is 12.4 Å². The Morgan fingerprint density at radius 2 is 2.03 bits per heavy atom. The molecule has 0 fully saturated rings. The lowest BCUT2D eigenvalue weighted by molar-refractivity contribution is -0.116. The molecule has 1 atom stereocenters. The zero-order valence-corrected chi connectivity index (χ0v) is 15.5. The van der Waals surface area contributed by atoms with Crippen molar-refractivity contribution in [3.8, 4) is 17.5 Å². The summed E-state index contributed by atoms with van der Waals surface area (Å²) in [6.45, 7) is 0. The number of nitriles is 1. The third-order valence-electron chi connectivity index (χ3n) is 5.03. The maximum absolute atomic E-state index is 12.4. The lowest BCUT2D eigenvalue weighted by Gasteiger charge is -2.26. The molecule has 29 heavy (non-hydrogen) atoms. The minimum Gasteiger partial charge on any atom is -0.497 e. The Morgan fingerprint density at radius 1 is 1.28 bits per heavy atom. The van der Waals surface area contributed by atoms with E-state index in [2.05, 4.69) is 11.4 Å². The first kappa shape index (κ1) is 18.3. The van der Waals surface area contributed by atoms with Crippen molar-refractivity contribution in [2.45, 2.75) is 12.3 Å². The van der Waals surface area contributed by atoms with Crippen LogP contribution in [0.25, 0.3) is 5.69 Å². The summed E-state index contributed by atoms with van der Waals surface area (Å²) in [6, 6.07) is 16.3. The van der Waals surface area contributed by atoms with E-state index in [-0.39, 0.29) is 23.8 Å². The average molecular weight is 387 g/mol. The molecule has 2 aromatic carbocycles. The highest BCUT2D eigenvalue weighted by molar-refractivity contribution is 6.04. The minimum absolute atomic E-state index is 0.0227. The summed E-state index contributed by atoms with van der Waals surface area (Å²) in [6.07, 6.45) is 1.69. The fraction of sp³-hybridized carbons (Fsp3) is 0.136. The number of ether oxygens (including phenoxy) is 1. The molecule has 0 unspecified atom stereocenters. The molecule has 0 saturated heterocycles. The Hall–Kier alpha value is -4.05. The average Bonchev–Trinajstić information content (AvgIpc) is 3.13. The Bertz CT molecular complexity index is 1160. The van der Waals surface area contributed by atoms with Crippen molar-refractivity contribution >= 4 is 17.6 Å². The Kier molecular flexibility index (Phi) is 4.53. The number of carbonyl (C=O) groups excluding carboxylic acids is 1. The number of nitrogens with zero attached hydrogens (tertiary/aromatic N) is 2. The largest absolute Gasteiger partial charge is 0.497 e. The molecule has 0 spiro atoms. The molecule has 0 radical (unpaired) electrons. The molecule has 1 aromatic heterocycles. The van der Waals surface area contributed by atoms with Gasteiger partial charge in [0.2, 0.25) is 5.91 Å². The second-order valence-electron chi connectivity index (χ2n) is 6.72.